The van der Waals surface area contributed by atoms with Gasteiger partial charge in [-0.3, -0.25) is 4.98 Å². The fraction of sp³-hybridized carbons (Fsp3) is 0.0566. The van der Waals surface area contributed by atoms with Crippen molar-refractivity contribution in [2.75, 3.05) is 0 Å². The van der Waals surface area contributed by atoms with E-state index in [2.05, 4.69) is 64.8 Å². The molecule has 0 spiro atoms. The van der Waals surface area contributed by atoms with E-state index in [-0.39, 0.29) is 20.1 Å². The zero-order valence-corrected chi connectivity index (χ0v) is 34.3. The zero-order valence-electron chi connectivity index (χ0n) is 34.9. The number of furan rings is 1. The molecule has 0 N–H and O–H groups in total. The number of hydrogen-bond donors (Lipinski definition) is 0. The third-order valence-corrected chi connectivity index (χ3v) is 10.3. The molecule has 0 atom stereocenters. The average molecular weight is 929 g/mol. The summed E-state index contributed by atoms with van der Waals surface area (Å²) in [6.07, 6.45) is 5.64. The van der Waals surface area contributed by atoms with Gasteiger partial charge < -0.3 is 14.0 Å². The predicted octanol–water partition coefficient (Wildman–Crippen LogP) is 13.7. The minimum Gasteiger partial charge on any atom is -0.501 e. The molecule has 0 unspecified atom stereocenters. The maximum Gasteiger partial charge on any atom is 0.120 e. The van der Waals surface area contributed by atoms with Gasteiger partial charge in [-0.15, -0.1) is 54.1 Å². The Morgan fingerprint density at radius 1 is 0.569 bits per heavy atom. The summed E-state index contributed by atoms with van der Waals surface area (Å²) in [5.74, 6) is 0.929. The predicted molar refractivity (Wildman–Crippen MR) is 234 cm³/mol. The van der Waals surface area contributed by atoms with Gasteiger partial charge >= 0.3 is 0 Å². The van der Waals surface area contributed by atoms with Crippen LogP contribution in [0, 0.1) is 32.8 Å². The van der Waals surface area contributed by atoms with Gasteiger partial charge in [-0.25, -0.2) is 0 Å². The van der Waals surface area contributed by atoms with Crippen LogP contribution in [-0.2, 0) is 20.1 Å². The number of aromatic nitrogens is 3. The van der Waals surface area contributed by atoms with Crippen molar-refractivity contribution < 1.29 is 28.6 Å². The van der Waals surface area contributed by atoms with Gasteiger partial charge in [0, 0.05) is 53.9 Å². The van der Waals surface area contributed by atoms with Crippen LogP contribution in [0.3, 0.4) is 0 Å². The van der Waals surface area contributed by atoms with Gasteiger partial charge in [-0.1, -0.05) is 126 Å². The Morgan fingerprint density at radius 3 is 2.09 bits per heavy atom. The second kappa shape index (κ2) is 16.8. The van der Waals surface area contributed by atoms with Crippen molar-refractivity contribution >= 4 is 21.9 Å². The average Bonchev–Trinajstić information content (AvgIpc) is 3.92. The molecule has 283 valence electrons. The largest absolute Gasteiger partial charge is 0.501 e. The van der Waals surface area contributed by atoms with E-state index in [4.69, 9.17) is 8.53 Å². The molecule has 0 aliphatic carbocycles. The number of imidazole rings is 1. The van der Waals surface area contributed by atoms with Crippen LogP contribution in [0.15, 0.2) is 187 Å². The Morgan fingerprint density at radius 2 is 1.29 bits per heavy atom. The van der Waals surface area contributed by atoms with Crippen molar-refractivity contribution in [1.29, 1.82) is 0 Å². The summed E-state index contributed by atoms with van der Waals surface area (Å²) in [5, 5.41) is 2.10. The molecule has 5 heteroatoms. The summed E-state index contributed by atoms with van der Waals surface area (Å²) < 4.78 is 33.0. The van der Waals surface area contributed by atoms with Gasteiger partial charge in [-0.2, -0.15) is 0 Å². The summed E-state index contributed by atoms with van der Waals surface area (Å²) in [6.45, 7) is 2.01. The second-order valence-corrected chi connectivity index (χ2v) is 14.0. The quantitative estimate of drug-likeness (QED) is 0.156. The maximum atomic E-state index is 8.21. The number of benzene rings is 7. The first-order valence-corrected chi connectivity index (χ1v) is 18.9. The molecule has 0 saturated heterocycles. The molecule has 0 aliphatic heterocycles. The van der Waals surface area contributed by atoms with Crippen LogP contribution in [-0.4, -0.2) is 14.5 Å². The third-order valence-electron chi connectivity index (χ3n) is 10.3. The summed E-state index contributed by atoms with van der Waals surface area (Å²) in [7, 11) is 0. The Labute approximate surface area is 357 Å². The van der Waals surface area contributed by atoms with Crippen LogP contribution in [0.4, 0.5) is 0 Å². The van der Waals surface area contributed by atoms with E-state index in [1.165, 1.54) is 16.8 Å². The molecule has 3 aromatic heterocycles. The van der Waals surface area contributed by atoms with Crippen LogP contribution in [0.25, 0.3) is 83.7 Å². The monoisotopic (exact) mass is 929 g/mol. The maximum absolute atomic E-state index is 8.21. The molecular formula is C53H39IrN3O-2. The van der Waals surface area contributed by atoms with E-state index in [1.54, 1.807) is 12.3 Å². The number of hydrogen-bond acceptors (Lipinski definition) is 3. The number of rotatable bonds is 6. The fourth-order valence-corrected chi connectivity index (χ4v) is 7.48. The van der Waals surface area contributed by atoms with Crippen LogP contribution in [0.5, 0.6) is 0 Å². The molecule has 4 nitrogen and oxygen atoms in total. The van der Waals surface area contributed by atoms with Crippen LogP contribution >= 0.6 is 0 Å². The van der Waals surface area contributed by atoms with Gasteiger partial charge in [0.2, 0.25) is 0 Å². The third kappa shape index (κ3) is 7.58. The van der Waals surface area contributed by atoms with Gasteiger partial charge in [0.15, 0.2) is 0 Å². The smallest absolute Gasteiger partial charge is 0.120 e. The molecule has 10 aromatic rings. The Kier molecular flexibility index (Phi) is 10.0. The second-order valence-electron chi connectivity index (χ2n) is 14.0. The molecule has 0 saturated carbocycles. The number of para-hydroxylation sites is 2. The number of fused-ring (bicyclic) bond motifs is 3. The Bertz CT molecular complexity index is 3080. The summed E-state index contributed by atoms with van der Waals surface area (Å²) in [6, 6.07) is 60.3. The van der Waals surface area contributed by atoms with E-state index in [0.717, 1.165) is 72.4 Å². The molecule has 58 heavy (non-hydrogen) atoms. The van der Waals surface area contributed by atoms with Crippen LogP contribution < -0.4 is 0 Å². The number of nitrogens with zero attached hydrogens (tertiary/aromatic N) is 3. The van der Waals surface area contributed by atoms with Gasteiger partial charge in [0.05, 0.1) is 11.4 Å². The first-order valence-electron chi connectivity index (χ1n) is 20.4. The van der Waals surface area contributed by atoms with Crippen LogP contribution in [0.1, 0.15) is 20.8 Å². The molecule has 1 radical (unpaired) electrons. The molecule has 3 heterocycles. The Hall–Kier alpha value is -6.65. The van der Waals surface area contributed by atoms with Crippen molar-refractivity contribution in [2.24, 2.45) is 0 Å². The molecule has 7 aromatic carbocycles. The van der Waals surface area contributed by atoms with Crippen molar-refractivity contribution in [3.63, 3.8) is 0 Å². The number of aryl methyl sites for hydroxylation is 3. The fourth-order valence-electron chi connectivity index (χ4n) is 7.48. The van der Waals surface area contributed by atoms with E-state index < -0.39 is 6.85 Å². The summed E-state index contributed by atoms with van der Waals surface area (Å²) >= 11 is 0. The summed E-state index contributed by atoms with van der Waals surface area (Å²) in [4.78, 5) is 9.12. The van der Waals surface area contributed by atoms with Crippen molar-refractivity contribution in [3.05, 3.63) is 211 Å². The van der Waals surface area contributed by atoms with Gasteiger partial charge in [-0.05, 0) is 88.6 Å². The van der Waals surface area contributed by atoms with Crippen molar-refractivity contribution in [3.8, 4) is 61.7 Å². The molecule has 0 amide bonds. The SMILES string of the molecule is Cc1cccc(C)c1-n1ccnc1-c1[c-]cccc1.[2H]C([2H])([2H])c1cc(-c2ccccc2)ccc1-c1ccc(-c2ccnc(-c3[c-]ccc4c3oc3ccccc34)c2)cc1.[Ir]. The minimum absolute atomic E-state index is 0. The first-order chi connectivity index (χ1) is 29.2. The molecule has 10 rings (SSSR count). The van der Waals surface area contributed by atoms with Gasteiger partial charge in [0.25, 0.3) is 0 Å². The van der Waals surface area contributed by atoms with E-state index in [1.807, 2.05) is 146 Å². The van der Waals surface area contributed by atoms with Crippen molar-refractivity contribution in [2.45, 2.75) is 20.7 Å². The minimum atomic E-state index is -2.24. The summed E-state index contributed by atoms with van der Waals surface area (Å²) in [5.41, 5.74) is 13.7. The van der Waals surface area contributed by atoms with Gasteiger partial charge in [0.1, 0.15) is 5.58 Å². The van der Waals surface area contributed by atoms with Crippen LogP contribution in [0.2, 0.25) is 0 Å². The Balaban J connectivity index is 0.000000215. The molecular weight excluding hydrogens is 887 g/mol. The number of pyridine rings is 1. The van der Waals surface area contributed by atoms with Crippen molar-refractivity contribution in [1.82, 2.24) is 14.5 Å². The molecule has 0 bridgehead atoms. The topological polar surface area (TPSA) is 43.9 Å². The van der Waals surface area contributed by atoms with E-state index >= 15 is 0 Å². The zero-order chi connectivity index (χ0) is 41.2. The van der Waals surface area contributed by atoms with E-state index in [9.17, 15) is 0 Å². The van der Waals surface area contributed by atoms with E-state index in [0.29, 0.717) is 11.1 Å². The molecule has 0 aliphatic rings. The normalized spacial score (nSPS) is 11.9. The first kappa shape index (κ1) is 34.6. The standard InChI is InChI=1S/C36H24NO.C17H15N2.Ir/c1-24-22-28(25-8-3-2-4-9-25)18-19-30(24)27-16-14-26(15-17-27)29-20-21-37-34(23-29)33-12-7-11-32-31-10-5-6-13-35(31)38-36(32)33;1-13-7-6-8-14(2)16(13)19-12-11-18-17(19)15-9-4-3-5-10-15;/h2-11,13-23H,1H3;3-9,11-12H,1-2H3;/q2*-1;/i1D3;;. The molecule has 0 fully saturated rings.